The zero-order chi connectivity index (χ0) is 10.7. The van der Waals surface area contributed by atoms with E-state index >= 15 is 0 Å². The zero-order valence-corrected chi connectivity index (χ0v) is 9.01. The van der Waals surface area contributed by atoms with E-state index in [9.17, 15) is 4.79 Å². The number of methoxy groups -OCH3 is 2. The van der Waals surface area contributed by atoms with E-state index in [0.29, 0.717) is 17.1 Å². The Labute approximate surface area is 87.6 Å². The van der Waals surface area contributed by atoms with Gasteiger partial charge in [-0.15, -0.1) is 0 Å². The standard InChI is InChI=1S/C10H11ClO3/c1-6-8(13-2)4-7(10(11)12)5-9(6)14-3/h4-5H,1-3H3. The van der Waals surface area contributed by atoms with Crippen LogP contribution in [0, 0.1) is 6.92 Å². The number of carbonyl (C=O) groups is 1. The molecule has 0 aliphatic carbocycles. The smallest absolute Gasteiger partial charge is 0.252 e. The van der Waals surface area contributed by atoms with Gasteiger partial charge in [-0.05, 0) is 30.7 Å². The summed E-state index contributed by atoms with van der Waals surface area (Å²) >= 11 is 5.36. The Morgan fingerprint density at radius 3 is 1.93 bits per heavy atom. The molecule has 76 valence electrons. The van der Waals surface area contributed by atoms with Crippen LogP contribution in [0.2, 0.25) is 0 Å². The summed E-state index contributed by atoms with van der Waals surface area (Å²) in [6, 6.07) is 3.18. The number of carbonyl (C=O) groups excluding carboxylic acids is 1. The van der Waals surface area contributed by atoms with Crippen molar-refractivity contribution >= 4 is 16.8 Å². The fraction of sp³-hybridized carbons (Fsp3) is 0.300. The summed E-state index contributed by atoms with van der Waals surface area (Å²) in [6.45, 7) is 1.85. The Bertz CT molecular complexity index is 335. The van der Waals surface area contributed by atoms with Crippen LogP contribution in [0.5, 0.6) is 11.5 Å². The predicted octanol–water partition coefficient (Wildman–Crippen LogP) is 2.39. The highest BCUT2D eigenvalue weighted by atomic mass is 35.5. The Hall–Kier alpha value is -1.22. The average molecular weight is 215 g/mol. The van der Waals surface area contributed by atoms with Gasteiger partial charge in [-0.3, -0.25) is 4.79 Å². The van der Waals surface area contributed by atoms with Crippen molar-refractivity contribution in [3.8, 4) is 11.5 Å². The second-order valence-corrected chi connectivity index (χ2v) is 3.12. The molecule has 0 spiro atoms. The van der Waals surface area contributed by atoms with Gasteiger partial charge in [0.2, 0.25) is 0 Å². The van der Waals surface area contributed by atoms with E-state index in [2.05, 4.69) is 0 Å². The van der Waals surface area contributed by atoms with Crippen molar-refractivity contribution in [1.29, 1.82) is 0 Å². The SMILES string of the molecule is COc1cc(C(=O)Cl)cc(OC)c1C. The molecule has 0 bridgehead atoms. The van der Waals surface area contributed by atoms with Crippen LogP contribution < -0.4 is 9.47 Å². The van der Waals surface area contributed by atoms with Crippen molar-refractivity contribution < 1.29 is 14.3 Å². The van der Waals surface area contributed by atoms with Crippen LogP contribution in [0.4, 0.5) is 0 Å². The van der Waals surface area contributed by atoms with Crippen LogP contribution in [0.3, 0.4) is 0 Å². The molecular weight excluding hydrogens is 204 g/mol. The molecule has 0 amide bonds. The topological polar surface area (TPSA) is 35.5 Å². The molecule has 0 unspecified atom stereocenters. The van der Waals surface area contributed by atoms with Crippen LogP contribution in [0.25, 0.3) is 0 Å². The van der Waals surface area contributed by atoms with Gasteiger partial charge in [0.1, 0.15) is 11.5 Å². The monoisotopic (exact) mass is 214 g/mol. The number of rotatable bonds is 3. The van der Waals surface area contributed by atoms with Crippen LogP contribution in [-0.4, -0.2) is 19.5 Å². The number of halogens is 1. The maximum absolute atomic E-state index is 10.9. The number of benzene rings is 1. The lowest BCUT2D eigenvalue weighted by molar-refractivity contribution is 0.108. The summed E-state index contributed by atoms with van der Waals surface area (Å²) in [5, 5.41) is -0.526. The van der Waals surface area contributed by atoms with Crippen molar-refractivity contribution in [3.05, 3.63) is 23.3 Å². The summed E-state index contributed by atoms with van der Waals surface area (Å²) in [4.78, 5) is 10.9. The molecule has 1 aromatic rings. The number of ether oxygens (including phenoxy) is 2. The van der Waals surface area contributed by atoms with Gasteiger partial charge in [-0.2, -0.15) is 0 Å². The second-order valence-electron chi connectivity index (χ2n) is 2.78. The van der Waals surface area contributed by atoms with E-state index in [0.717, 1.165) is 5.56 Å². The lowest BCUT2D eigenvalue weighted by atomic mass is 10.1. The van der Waals surface area contributed by atoms with E-state index < -0.39 is 5.24 Å². The van der Waals surface area contributed by atoms with Gasteiger partial charge >= 0.3 is 0 Å². The minimum Gasteiger partial charge on any atom is -0.496 e. The molecular formula is C10H11ClO3. The average Bonchev–Trinajstić information content (AvgIpc) is 2.17. The van der Waals surface area contributed by atoms with E-state index in [1.54, 1.807) is 12.1 Å². The third-order valence-corrected chi connectivity index (χ3v) is 2.20. The highest BCUT2D eigenvalue weighted by Gasteiger charge is 2.11. The minimum atomic E-state index is -0.526. The molecule has 14 heavy (non-hydrogen) atoms. The van der Waals surface area contributed by atoms with Gasteiger partial charge < -0.3 is 9.47 Å². The first-order valence-corrected chi connectivity index (χ1v) is 4.40. The van der Waals surface area contributed by atoms with Crippen molar-refractivity contribution in [2.75, 3.05) is 14.2 Å². The molecule has 0 radical (unpaired) electrons. The lowest BCUT2D eigenvalue weighted by Crippen LogP contribution is -1.97. The van der Waals surface area contributed by atoms with E-state index in [4.69, 9.17) is 21.1 Å². The maximum atomic E-state index is 10.9. The Morgan fingerprint density at radius 1 is 1.21 bits per heavy atom. The van der Waals surface area contributed by atoms with Crippen molar-refractivity contribution in [3.63, 3.8) is 0 Å². The normalized spacial score (nSPS) is 9.71. The summed E-state index contributed by atoms with van der Waals surface area (Å²) in [5.74, 6) is 1.18. The van der Waals surface area contributed by atoms with Gasteiger partial charge in [0, 0.05) is 11.1 Å². The third-order valence-electron chi connectivity index (χ3n) is 1.98. The molecule has 0 aliphatic rings. The summed E-state index contributed by atoms with van der Waals surface area (Å²) in [5.41, 5.74) is 1.21. The molecule has 3 nitrogen and oxygen atoms in total. The molecule has 0 fully saturated rings. The van der Waals surface area contributed by atoms with Crippen LogP contribution in [0.15, 0.2) is 12.1 Å². The molecule has 0 aromatic heterocycles. The molecule has 0 saturated carbocycles. The first-order valence-electron chi connectivity index (χ1n) is 4.02. The highest BCUT2D eigenvalue weighted by molar-refractivity contribution is 6.67. The van der Waals surface area contributed by atoms with Gasteiger partial charge in [-0.1, -0.05) is 0 Å². The third kappa shape index (κ3) is 1.99. The molecule has 1 rings (SSSR count). The molecule has 4 heteroatoms. The van der Waals surface area contributed by atoms with Gasteiger partial charge in [0.05, 0.1) is 14.2 Å². The Balaban J connectivity index is 3.32. The largest absolute Gasteiger partial charge is 0.496 e. The first kappa shape index (κ1) is 10.9. The minimum absolute atomic E-state index is 0.367. The predicted molar refractivity (Wildman–Crippen MR) is 54.5 cm³/mol. The Morgan fingerprint density at radius 2 is 1.64 bits per heavy atom. The second kappa shape index (κ2) is 4.33. The summed E-state index contributed by atoms with van der Waals surface area (Å²) in [6.07, 6.45) is 0. The molecule has 0 heterocycles. The fourth-order valence-electron chi connectivity index (χ4n) is 1.20. The number of hydrogen-bond acceptors (Lipinski definition) is 3. The first-order chi connectivity index (χ1) is 6.60. The summed E-state index contributed by atoms with van der Waals surface area (Å²) < 4.78 is 10.2. The van der Waals surface area contributed by atoms with E-state index in [-0.39, 0.29) is 0 Å². The summed E-state index contributed by atoms with van der Waals surface area (Å²) in [7, 11) is 3.06. The highest BCUT2D eigenvalue weighted by Crippen LogP contribution is 2.29. The van der Waals surface area contributed by atoms with Crippen LogP contribution in [-0.2, 0) is 0 Å². The van der Waals surface area contributed by atoms with E-state index in [1.807, 2.05) is 6.92 Å². The van der Waals surface area contributed by atoms with E-state index in [1.165, 1.54) is 14.2 Å². The van der Waals surface area contributed by atoms with Gasteiger partial charge in [0.15, 0.2) is 0 Å². The van der Waals surface area contributed by atoms with Gasteiger partial charge in [0.25, 0.3) is 5.24 Å². The number of hydrogen-bond donors (Lipinski definition) is 0. The van der Waals surface area contributed by atoms with Crippen molar-refractivity contribution in [2.24, 2.45) is 0 Å². The van der Waals surface area contributed by atoms with Crippen molar-refractivity contribution in [1.82, 2.24) is 0 Å². The molecule has 1 aromatic carbocycles. The molecule has 0 N–H and O–H groups in total. The lowest BCUT2D eigenvalue weighted by Gasteiger charge is -2.10. The fourth-order valence-corrected chi connectivity index (χ4v) is 1.31. The quantitative estimate of drug-likeness (QED) is 0.725. The molecule has 0 saturated heterocycles. The maximum Gasteiger partial charge on any atom is 0.252 e. The van der Waals surface area contributed by atoms with Crippen molar-refractivity contribution in [2.45, 2.75) is 6.92 Å². The van der Waals surface area contributed by atoms with Crippen LogP contribution in [0.1, 0.15) is 15.9 Å². The molecule has 0 aliphatic heterocycles. The van der Waals surface area contributed by atoms with Gasteiger partial charge in [-0.25, -0.2) is 0 Å². The molecule has 0 atom stereocenters. The zero-order valence-electron chi connectivity index (χ0n) is 8.26. The Kier molecular flexibility index (Phi) is 3.36. The van der Waals surface area contributed by atoms with Crippen LogP contribution >= 0.6 is 11.6 Å².